The number of hydrogen-bond acceptors (Lipinski definition) is 5. The lowest BCUT2D eigenvalue weighted by Gasteiger charge is -2.04. The average Bonchev–Trinajstić information content (AvgIpc) is 3.26. The third kappa shape index (κ3) is 2.90. The summed E-state index contributed by atoms with van der Waals surface area (Å²) in [5, 5.41) is 16.2. The van der Waals surface area contributed by atoms with E-state index in [4.69, 9.17) is 0 Å². The Morgan fingerprint density at radius 1 is 1.14 bits per heavy atom. The quantitative estimate of drug-likeness (QED) is 0.451. The van der Waals surface area contributed by atoms with Crippen LogP contribution in [0.2, 0.25) is 0 Å². The van der Waals surface area contributed by atoms with Crippen molar-refractivity contribution in [2.45, 2.75) is 13.3 Å². The van der Waals surface area contributed by atoms with Crippen LogP contribution in [0.5, 0.6) is 0 Å². The summed E-state index contributed by atoms with van der Waals surface area (Å²) in [5.41, 5.74) is 5.30. The first kappa shape index (κ1) is 16.2. The summed E-state index contributed by atoms with van der Waals surface area (Å²) in [4.78, 5) is 18.7. The Morgan fingerprint density at radius 3 is 2.96 bits per heavy atom. The highest BCUT2D eigenvalue weighted by molar-refractivity contribution is 5.84. The Bertz CT molecular complexity index is 1360. The number of aromatic amines is 2. The predicted octanol–water partition coefficient (Wildman–Crippen LogP) is 2.94. The monoisotopic (exact) mass is 371 g/mol. The van der Waals surface area contributed by atoms with Crippen LogP contribution in [0.4, 0.5) is 11.6 Å². The van der Waals surface area contributed by atoms with Crippen molar-refractivity contribution in [2.24, 2.45) is 0 Å². The summed E-state index contributed by atoms with van der Waals surface area (Å²) in [6, 6.07) is 15.3. The Morgan fingerprint density at radius 2 is 2.07 bits per heavy atom. The van der Waals surface area contributed by atoms with Crippen molar-refractivity contribution in [3.63, 3.8) is 0 Å². The largest absolute Gasteiger partial charge is 0.329 e. The Labute approximate surface area is 159 Å². The molecular weight excluding hydrogens is 354 g/mol. The first-order valence-electron chi connectivity index (χ1n) is 8.90. The van der Waals surface area contributed by atoms with Crippen LogP contribution in [-0.2, 0) is 6.42 Å². The Kier molecular flexibility index (Phi) is 3.68. The second-order valence-corrected chi connectivity index (χ2v) is 6.65. The van der Waals surface area contributed by atoms with Gasteiger partial charge < -0.3 is 10.3 Å². The first-order chi connectivity index (χ1) is 13.7. The molecule has 5 aromatic rings. The SMILES string of the molecule is Cc1n[nH]c2cc(Nc3nc4cccc(Cc5cc[nH]c(=O)c5)n4n3)ccc12. The third-order valence-electron chi connectivity index (χ3n) is 4.67. The lowest BCUT2D eigenvalue weighted by molar-refractivity contribution is 0.881. The standard InChI is InChI=1S/C20H17N7O/c1-12-16-6-5-14(11-17(16)25-24-12)22-20-23-18-4-2-3-15(27(18)26-20)9-13-7-8-21-19(28)10-13/h2-8,10-11H,9H2,1H3,(H,21,28)(H,22,26)(H,24,25). The summed E-state index contributed by atoms with van der Waals surface area (Å²) in [5.74, 6) is 0.508. The number of fused-ring (bicyclic) bond motifs is 2. The van der Waals surface area contributed by atoms with Crippen LogP contribution in [0.25, 0.3) is 16.6 Å². The molecule has 0 aliphatic carbocycles. The van der Waals surface area contributed by atoms with Gasteiger partial charge in [-0.3, -0.25) is 9.89 Å². The van der Waals surface area contributed by atoms with Crippen LogP contribution >= 0.6 is 0 Å². The molecule has 8 heteroatoms. The zero-order valence-electron chi connectivity index (χ0n) is 15.1. The molecule has 0 saturated heterocycles. The van der Waals surface area contributed by atoms with E-state index in [1.165, 1.54) is 0 Å². The minimum absolute atomic E-state index is 0.116. The fraction of sp³-hybridized carbons (Fsp3) is 0.100. The molecule has 0 amide bonds. The minimum atomic E-state index is -0.116. The van der Waals surface area contributed by atoms with Gasteiger partial charge in [0.1, 0.15) is 0 Å². The average molecular weight is 371 g/mol. The van der Waals surface area contributed by atoms with Gasteiger partial charge in [-0.25, -0.2) is 4.52 Å². The number of aromatic nitrogens is 6. The number of nitrogens with zero attached hydrogens (tertiary/aromatic N) is 4. The molecule has 0 bridgehead atoms. The van der Waals surface area contributed by atoms with E-state index in [1.807, 2.05) is 49.4 Å². The van der Waals surface area contributed by atoms with Gasteiger partial charge >= 0.3 is 0 Å². The van der Waals surface area contributed by atoms with E-state index in [1.54, 1.807) is 16.8 Å². The number of pyridine rings is 2. The summed E-state index contributed by atoms with van der Waals surface area (Å²) in [6.45, 7) is 1.97. The molecule has 0 fully saturated rings. The summed E-state index contributed by atoms with van der Waals surface area (Å²) in [7, 11) is 0. The minimum Gasteiger partial charge on any atom is -0.329 e. The van der Waals surface area contributed by atoms with Gasteiger partial charge in [-0.1, -0.05) is 6.07 Å². The van der Waals surface area contributed by atoms with E-state index >= 15 is 0 Å². The van der Waals surface area contributed by atoms with Crippen LogP contribution in [0.3, 0.4) is 0 Å². The van der Waals surface area contributed by atoms with Crippen molar-refractivity contribution in [1.82, 2.24) is 29.8 Å². The van der Waals surface area contributed by atoms with Gasteiger partial charge in [0, 0.05) is 35.5 Å². The highest BCUT2D eigenvalue weighted by Gasteiger charge is 2.09. The lowest BCUT2D eigenvalue weighted by atomic mass is 10.1. The molecule has 3 N–H and O–H groups in total. The lowest BCUT2D eigenvalue weighted by Crippen LogP contribution is -2.06. The van der Waals surface area contributed by atoms with Gasteiger partial charge in [0.05, 0.1) is 11.2 Å². The molecule has 0 atom stereocenters. The molecule has 0 aliphatic rings. The van der Waals surface area contributed by atoms with Crippen molar-refractivity contribution in [1.29, 1.82) is 0 Å². The number of benzene rings is 1. The summed E-state index contributed by atoms with van der Waals surface area (Å²) < 4.78 is 1.79. The molecule has 0 spiro atoms. The molecule has 0 aliphatic heterocycles. The van der Waals surface area contributed by atoms with E-state index in [0.717, 1.165) is 39.2 Å². The van der Waals surface area contributed by atoms with Crippen molar-refractivity contribution in [3.05, 3.63) is 82.0 Å². The maximum atomic E-state index is 11.5. The highest BCUT2D eigenvalue weighted by atomic mass is 16.1. The van der Waals surface area contributed by atoms with Crippen molar-refractivity contribution in [2.75, 3.05) is 5.32 Å². The zero-order chi connectivity index (χ0) is 19.1. The van der Waals surface area contributed by atoms with E-state index in [-0.39, 0.29) is 5.56 Å². The van der Waals surface area contributed by atoms with E-state index in [0.29, 0.717) is 12.4 Å². The zero-order valence-corrected chi connectivity index (χ0v) is 15.1. The van der Waals surface area contributed by atoms with Crippen molar-refractivity contribution >= 4 is 28.2 Å². The van der Waals surface area contributed by atoms with Gasteiger partial charge in [-0.05, 0) is 48.9 Å². The third-order valence-corrected chi connectivity index (χ3v) is 4.67. The van der Waals surface area contributed by atoms with Crippen LogP contribution in [0, 0.1) is 6.92 Å². The van der Waals surface area contributed by atoms with Crippen LogP contribution in [0.1, 0.15) is 17.0 Å². The fourth-order valence-electron chi connectivity index (χ4n) is 3.32. The number of hydrogen-bond donors (Lipinski definition) is 3. The molecule has 0 unspecified atom stereocenters. The number of nitrogens with one attached hydrogen (secondary N) is 3. The number of rotatable bonds is 4. The second-order valence-electron chi connectivity index (χ2n) is 6.65. The Hall–Kier alpha value is -3.94. The van der Waals surface area contributed by atoms with Crippen LogP contribution in [-0.4, -0.2) is 29.8 Å². The molecule has 0 saturated carbocycles. The molecular formula is C20H17N7O. The van der Waals surface area contributed by atoms with Gasteiger partial charge in [0.25, 0.3) is 0 Å². The van der Waals surface area contributed by atoms with Crippen molar-refractivity contribution in [3.8, 4) is 0 Å². The molecule has 138 valence electrons. The summed E-state index contributed by atoms with van der Waals surface area (Å²) in [6.07, 6.45) is 2.24. The van der Waals surface area contributed by atoms with E-state index in [2.05, 4.69) is 30.6 Å². The van der Waals surface area contributed by atoms with E-state index < -0.39 is 0 Å². The number of aryl methyl sites for hydroxylation is 1. The van der Waals surface area contributed by atoms with Crippen LogP contribution < -0.4 is 10.9 Å². The molecule has 5 rings (SSSR count). The Balaban J connectivity index is 1.48. The number of anilines is 2. The predicted molar refractivity (Wildman–Crippen MR) is 107 cm³/mol. The maximum absolute atomic E-state index is 11.5. The highest BCUT2D eigenvalue weighted by Crippen LogP contribution is 2.22. The van der Waals surface area contributed by atoms with Gasteiger partial charge in [-0.15, -0.1) is 5.10 Å². The van der Waals surface area contributed by atoms with Gasteiger partial charge in [0.15, 0.2) is 5.65 Å². The molecule has 28 heavy (non-hydrogen) atoms. The second kappa shape index (κ2) is 6.34. The maximum Gasteiger partial charge on any atom is 0.248 e. The molecule has 4 heterocycles. The first-order valence-corrected chi connectivity index (χ1v) is 8.90. The van der Waals surface area contributed by atoms with E-state index in [9.17, 15) is 4.79 Å². The van der Waals surface area contributed by atoms with Crippen molar-refractivity contribution < 1.29 is 0 Å². The van der Waals surface area contributed by atoms with Gasteiger partial charge in [0.2, 0.25) is 11.5 Å². The van der Waals surface area contributed by atoms with Gasteiger partial charge in [-0.2, -0.15) is 10.1 Å². The topological polar surface area (TPSA) is 104 Å². The molecule has 8 nitrogen and oxygen atoms in total. The smallest absolute Gasteiger partial charge is 0.248 e. The molecule has 0 radical (unpaired) electrons. The van der Waals surface area contributed by atoms with Crippen LogP contribution in [0.15, 0.2) is 59.5 Å². The molecule has 1 aromatic carbocycles. The normalized spacial score (nSPS) is 11.3. The number of H-pyrrole nitrogens is 2. The fourth-order valence-corrected chi connectivity index (χ4v) is 3.32. The molecule has 4 aromatic heterocycles. The summed E-state index contributed by atoms with van der Waals surface area (Å²) >= 11 is 0.